The molecule has 0 aromatic rings. The van der Waals surface area contributed by atoms with Gasteiger partial charge in [-0.3, -0.25) is 12.2 Å². The van der Waals surface area contributed by atoms with Crippen LogP contribution in [0.2, 0.25) is 0 Å². The molecule has 0 amide bonds. The van der Waals surface area contributed by atoms with Crippen molar-refractivity contribution < 1.29 is 66.2 Å². The van der Waals surface area contributed by atoms with Gasteiger partial charge in [-0.15, -0.1) is 12.8 Å². The Morgan fingerprint density at radius 2 is 1.27 bits per heavy atom. The van der Waals surface area contributed by atoms with Gasteiger partial charge in [-0.2, -0.15) is 12.2 Å². The van der Waals surface area contributed by atoms with Crippen LogP contribution in [0.3, 0.4) is 0 Å². The van der Waals surface area contributed by atoms with E-state index in [1.807, 2.05) is 0 Å². The van der Waals surface area contributed by atoms with E-state index in [-0.39, 0.29) is 66.2 Å². The van der Waals surface area contributed by atoms with Crippen LogP contribution in [0.1, 0.15) is 28.1 Å². The number of hydrogen-bond acceptors (Lipinski definition) is 0. The average Bonchev–Trinajstić information content (AvgIpc) is 2.63. The van der Waals surface area contributed by atoms with Crippen LogP contribution in [-0.2, 0) is 52.4 Å². The van der Waals surface area contributed by atoms with E-state index in [2.05, 4.69) is 50.3 Å². The molecule has 0 fully saturated rings. The molecule has 0 bridgehead atoms. The number of allylic oxidation sites excluding steroid dienone is 8. The van der Waals surface area contributed by atoms with Gasteiger partial charge in [-0.1, -0.05) is 13.8 Å². The van der Waals surface area contributed by atoms with E-state index in [4.69, 9.17) is 0 Å². The Balaban J connectivity index is -0.0000000720. The van der Waals surface area contributed by atoms with E-state index in [0.717, 1.165) is 12.8 Å². The van der Waals surface area contributed by atoms with Gasteiger partial charge >= 0.3 is 52.4 Å². The standard InChI is InChI=1S/2C6H7.ClH.2Zr.H/c2*1-6-4-2-3-5-6;;;;/h2*2,4H,3H2,1H3;1H;;;/q2*-1;;2*+2;-1/p-1. The van der Waals surface area contributed by atoms with Gasteiger partial charge in [0.05, 0.1) is 0 Å². The van der Waals surface area contributed by atoms with Crippen molar-refractivity contribution in [3.05, 3.63) is 47.6 Å². The first-order chi connectivity index (χ1) is 5.79. The van der Waals surface area contributed by atoms with Crippen molar-refractivity contribution >= 4 is 0 Å². The second kappa shape index (κ2) is 13.1. The molecular weight excluding hydrogens is 362 g/mol. The van der Waals surface area contributed by atoms with Crippen LogP contribution in [0.15, 0.2) is 35.5 Å². The van der Waals surface area contributed by atoms with Crippen LogP contribution in [0.5, 0.6) is 0 Å². The first-order valence-corrected chi connectivity index (χ1v) is 4.27. The molecule has 0 aromatic carbocycles. The van der Waals surface area contributed by atoms with Crippen LogP contribution in [0.4, 0.5) is 0 Å². The van der Waals surface area contributed by atoms with Gasteiger partial charge in [0.2, 0.25) is 0 Å². The second-order valence-electron chi connectivity index (χ2n) is 2.93. The van der Waals surface area contributed by atoms with Crippen molar-refractivity contribution in [2.75, 3.05) is 0 Å². The fourth-order valence-electron chi connectivity index (χ4n) is 1.03. The molecule has 0 spiro atoms. The maximum absolute atomic E-state index is 3.12. The Labute approximate surface area is 139 Å². The van der Waals surface area contributed by atoms with Crippen LogP contribution in [0, 0.1) is 12.2 Å². The van der Waals surface area contributed by atoms with Gasteiger partial charge in [0.25, 0.3) is 0 Å². The molecule has 0 N–H and O–H groups in total. The maximum atomic E-state index is 3.12. The molecule has 78 valence electrons. The molecule has 0 nitrogen and oxygen atoms in total. The summed E-state index contributed by atoms with van der Waals surface area (Å²) in [4.78, 5) is 0. The molecule has 0 unspecified atom stereocenters. The molecule has 15 heavy (non-hydrogen) atoms. The van der Waals surface area contributed by atoms with E-state index < -0.39 is 0 Å². The van der Waals surface area contributed by atoms with E-state index in [9.17, 15) is 0 Å². The quantitative estimate of drug-likeness (QED) is 0.540. The molecule has 2 aliphatic carbocycles. The second-order valence-corrected chi connectivity index (χ2v) is 2.93. The normalized spacial score (nSPS) is 14.8. The minimum Gasteiger partial charge on any atom is -1.00 e. The summed E-state index contributed by atoms with van der Waals surface area (Å²) in [7, 11) is 0. The fourth-order valence-corrected chi connectivity index (χ4v) is 1.03. The Hall–Kier alpha value is 1.02. The first-order valence-electron chi connectivity index (χ1n) is 4.27. The Morgan fingerprint density at radius 1 is 0.933 bits per heavy atom. The zero-order valence-corrected chi connectivity index (χ0v) is 14.8. The van der Waals surface area contributed by atoms with Gasteiger partial charge in [-0.25, -0.2) is 23.3 Å². The maximum Gasteiger partial charge on any atom is 2.00 e. The largest absolute Gasteiger partial charge is 2.00 e. The molecule has 2 rings (SSSR count). The summed E-state index contributed by atoms with van der Waals surface area (Å²) in [6.45, 7) is 4.12. The van der Waals surface area contributed by atoms with Gasteiger partial charge in [-0.05, 0) is 0 Å². The summed E-state index contributed by atoms with van der Waals surface area (Å²) in [6.07, 6.45) is 16.7. The third-order valence-electron chi connectivity index (χ3n) is 1.73. The van der Waals surface area contributed by atoms with E-state index in [1.165, 1.54) is 11.1 Å². The zero-order valence-electron chi connectivity index (χ0n) is 10.1. The number of halogens is 1. The van der Waals surface area contributed by atoms with E-state index >= 15 is 0 Å². The third-order valence-corrected chi connectivity index (χ3v) is 1.73. The molecular formula is C12H15ClZr2. The van der Waals surface area contributed by atoms with Crippen molar-refractivity contribution in [1.82, 2.24) is 0 Å². The summed E-state index contributed by atoms with van der Waals surface area (Å²) in [5, 5.41) is 0. The molecule has 3 heteroatoms. The summed E-state index contributed by atoms with van der Waals surface area (Å²) in [5.41, 5.74) is 2.55. The Bertz CT molecular complexity index is 235. The summed E-state index contributed by atoms with van der Waals surface area (Å²) in [5.74, 6) is 0. The van der Waals surface area contributed by atoms with Gasteiger partial charge in [0, 0.05) is 0 Å². The van der Waals surface area contributed by atoms with Crippen molar-refractivity contribution in [1.29, 1.82) is 0 Å². The topological polar surface area (TPSA) is 0 Å². The fraction of sp³-hybridized carbons (Fsp3) is 0.333. The predicted molar refractivity (Wildman–Crippen MR) is 53.5 cm³/mol. The Morgan fingerprint density at radius 3 is 1.33 bits per heavy atom. The summed E-state index contributed by atoms with van der Waals surface area (Å²) < 4.78 is 0. The number of rotatable bonds is 0. The van der Waals surface area contributed by atoms with Crippen molar-refractivity contribution in [2.24, 2.45) is 0 Å². The summed E-state index contributed by atoms with van der Waals surface area (Å²) in [6, 6.07) is 0. The predicted octanol–water partition coefficient (Wildman–Crippen LogP) is 0.503. The van der Waals surface area contributed by atoms with Crippen molar-refractivity contribution in [3.8, 4) is 0 Å². The number of hydrogen-bond donors (Lipinski definition) is 0. The minimum atomic E-state index is 0. The molecule has 0 radical (unpaired) electrons. The van der Waals surface area contributed by atoms with Crippen LogP contribution in [0.25, 0.3) is 0 Å². The third kappa shape index (κ3) is 11.3. The van der Waals surface area contributed by atoms with Gasteiger partial charge in [0.15, 0.2) is 0 Å². The molecule has 0 heterocycles. The minimum absolute atomic E-state index is 0. The molecule has 0 saturated heterocycles. The molecule has 2 aliphatic rings. The van der Waals surface area contributed by atoms with Gasteiger partial charge < -0.3 is 13.8 Å². The molecule has 0 atom stereocenters. The molecule has 0 aliphatic heterocycles. The van der Waals surface area contributed by atoms with Crippen LogP contribution < -0.4 is 12.4 Å². The van der Waals surface area contributed by atoms with Crippen LogP contribution in [-0.4, -0.2) is 0 Å². The smallest absolute Gasteiger partial charge is 1.00 e. The zero-order chi connectivity index (χ0) is 8.81. The monoisotopic (exact) mass is 374 g/mol. The van der Waals surface area contributed by atoms with E-state index in [1.54, 1.807) is 0 Å². The van der Waals surface area contributed by atoms with E-state index in [0.29, 0.717) is 0 Å². The molecule has 0 aromatic heterocycles. The average molecular weight is 377 g/mol. The summed E-state index contributed by atoms with van der Waals surface area (Å²) >= 11 is 0. The van der Waals surface area contributed by atoms with Crippen molar-refractivity contribution in [3.63, 3.8) is 0 Å². The van der Waals surface area contributed by atoms with Crippen LogP contribution >= 0.6 is 0 Å². The Kier molecular flexibility index (Phi) is 18.6. The molecule has 0 saturated carbocycles. The SMILES string of the molecule is CC1=[C-]CC=C1.CC1=[C-]CC=C1.[Cl-].[H-].[Zr+2].[Zr+2]. The first kappa shape index (κ1) is 21.3. The van der Waals surface area contributed by atoms with Crippen molar-refractivity contribution in [2.45, 2.75) is 26.7 Å². The van der Waals surface area contributed by atoms with Gasteiger partial charge in [0.1, 0.15) is 0 Å².